The van der Waals surface area contributed by atoms with Crippen molar-refractivity contribution in [3.05, 3.63) is 59.8 Å². The highest BCUT2D eigenvalue weighted by Gasteiger charge is 2.28. The highest BCUT2D eigenvalue weighted by atomic mass is 16.5. The molecule has 0 aliphatic carbocycles. The number of nitrogens with zero attached hydrogens (tertiary/aromatic N) is 1. The Hall–Kier alpha value is -2.93. The predicted octanol–water partition coefficient (Wildman–Crippen LogP) is 1.68. The molecule has 2 atom stereocenters. The second-order valence-corrected chi connectivity index (χ2v) is 5.49. The number of hydrogen-bond acceptors (Lipinski definition) is 6. The van der Waals surface area contributed by atoms with Crippen LogP contribution in [0.25, 0.3) is 0 Å². The van der Waals surface area contributed by atoms with Gasteiger partial charge >= 0.3 is 5.97 Å². The summed E-state index contributed by atoms with van der Waals surface area (Å²) in [5, 5.41) is 2.70. The minimum absolute atomic E-state index is 0.181. The third kappa shape index (κ3) is 4.80. The Kier molecular flexibility index (Phi) is 7.11. The van der Waals surface area contributed by atoms with Crippen LogP contribution in [0.15, 0.2) is 48.7 Å². The number of rotatable bonds is 8. The van der Waals surface area contributed by atoms with Crippen molar-refractivity contribution < 1.29 is 23.8 Å². The van der Waals surface area contributed by atoms with E-state index < -0.39 is 24.0 Å². The fourth-order valence-electron chi connectivity index (χ4n) is 2.59. The van der Waals surface area contributed by atoms with Crippen LogP contribution in [-0.4, -0.2) is 44.2 Å². The number of nitrogens with one attached hydrogen (secondary N) is 1. The van der Waals surface area contributed by atoms with E-state index in [9.17, 15) is 9.59 Å². The summed E-state index contributed by atoms with van der Waals surface area (Å²) >= 11 is 0. The smallest absolute Gasteiger partial charge is 0.328 e. The molecule has 0 fully saturated rings. The molecule has 7 heteroatoms. The van der Waals surface area contributed by atoms with E-state index in [0.717, 1.165) is 0 Å². The van der Waals surface area contributed by atoms with Gasteiger partial charge in [-0.1, -0.05) is 36.4 Å². The molecule has 0 radical (unpaired) electrons. The van der Waals surface area contributed by atoms with Gasteiger partial charge in [0.1, 0.15) is 6.04 Å². The van der Waals surface area contributed by atoms with Crippen molar-refractivity contribution in [2.75, 3.05) is 21.3 Å². The van der Waals surface area contributed by atoms with E-state index in [2.05, 4.69) is 10.3 Å². The molecule has 2 aromatic rings. The van der Waals surface area contributed by atoms with E-state index in [0.29, 0.717) is 17.0 Å². The largest absolute Gasteiger partial charge is 0.481 e. The summed E-state index contributed by atoms with van der Waals surface area (Å²) in [6.45, 7) is 0. The van der Waals surface area contributed by atoms with Crippen molar-refractivity contribution in [3.63, 3.8) is 0 Å². The number of carbonyl (C=O) groups is 2. The number of amides is 1. The second-order valence-electron chi connectivity index (χ2n) is 5.49. The van der Waals surface area contributed by atoms with Crippen molar-refractivity contribution >= 4 is 11.9 Å². The molecular formula is C19H22N2O5. The Morgan fingerprint density at radius 3 is 2.42 bits per heavy atom. The van der Waals surface area contributed by atoms with Gasteiger partial charge in [0.15, 0.2) is 6.10 Å². The van der Waals surface area contributed by atoms with E-state index in [4.69, 9.17) is 14.2 Å². The van der Waals surface area contributed by atoms with Gasteiger partial charge < -0.3 is 19.5 Å². The molecule has 1 aromatic heterocycles. The molecule has 0 unspecified atom stereocenters. The fraction of sp³-hybridized carbons (Fsp3) is 0.316. The fourth-order valence-corrected chi connectivity index (χ4v) is 2.59. The van der Waals surface area contributed by atoms with Crippen molar-refractivity contribution in [3.8, 4) is 5.88 Å². The summed E-state index contributed by atoms with van der Waals surface area (Å²) in [6, 6.07) is 11.7. The lowest BCUT2D eigenvalue weighted by Crippen LogP contribution is -2.45. The van der Waals surface area contributed by atoms with Gasteiger partial charge in [-0.25, -0.2) is 9.78 Å². The summed E-state index contributed by atoms with van der Waals surface area (Å²) < 4.78 is 15.3. The molecule has 1 aromatic carbocycles. The molecule has 1 amide bonds. The Bertz CT molecular complexity index is 736. The van der Waals surface area contributed by atoms with Crippen LogP contribution in [0.5, 0.6) is 5.88 Å². The van der Waals surface area contributed by atoms with Gasteiger partial charge in [0, 0.05) is 25.3 Å². The Labute approximate surface area is 152 Å². The van der Waals surface area contributed by atoms with E-state index in [-0.39, 0.29) is 6.42 Å². The van der Waals surface area contributed by atoms with Crippen LogP contribution in [-0.2, 0) is 25.5 Å². The molecule has 0 saturated heterocycles. The minimum atomic E-state index is -0.896. The molecule has 0 spiro atoms. The summed E-state index contributed by atoms with van der Waals surface area (Å²) in [7, 11) is 4.20. The zero-order valence-electron chi connectivity index (χ0n) is 15.0. The highest BCUT2D eigenvalue weighted by molar-refractivity contribution is 5.88. The van der Waals surface area contributed by atoms with Gasteiger partial charge in [-0.3, -0.25) is 4.79 Å². The summed E-state index contributed by atoms with van der Waals surface area (Å²) in [4.78, 5) is 28.9. The predicted molar refractivity (Wildman–Crippen MR) is 94.6 cm³/mol. The van der Waals surface area contributed by atoms with Crippen molar-refractivity contribution in [1.29, 1.82) is 0 Å². The lowest BCUT2D eigenvalue weighted by Gasteiger charge is -2.21. The SMILES string of the molecule is COC(=O)[C@H](Cc1cccnc1OC)NC(=O)[C@@H](OC)c1ccccc1. The number of esters is 1. The Balaban J connectivity index is 2.19. The maximum absolute atomic E-state index is 12.7. The number of hydrogen-bond donors (Lipinski definition) is 1. The number of pyridine rings is 1. The first-order valence-corrected chi connectivity index (χ1v) is 8.04. The third-order valence-corrected chi connectivity index (χ3v) is 3.85. The van der Waals surface area contributed by atoms with E-state index in [1.165, 1.54) is 21.3 Å². The second kappa shape index (κ2) is 9.53. The van der Waals surface area contributed by atoms with Crippen LogP contribution in [0.1, 0.15) is 17.2 Å². The molecule has 7 nitrogen and oxygen atoms in total. The lowest BCUT2D eigenvalue weighted by atomic mass is 10.1. The average Bonchev–Trinajstić information content (AvgIpc) is 2.68. The van der Waals surface area contributed by atoms with E-state index in [1.54, 1.807) is 30.5 Å². The minimum Gasteiger partial charge on any atom is -0.481 e. The topological polar surface area (TPSA) is 86.8 Å². The molecule has 0 aliphatic heterocycles. The van der Waals surface area contributed by atoms with Gasteiger partial charge in [0.25, 0.3) is 5.91 Å². The molecule has 138 valence electrons. The first kappa shape index (κ1) is 19.4. The molecule has 1 heterocycles. The van der Waals surface area contributed by atoms with Crippen LogP contribution >= 0.6 is 0 Å². The first-order chi connectivity index (χ1) is 12.6. The Morgan fingerprint density at radius 2 is 1.81 bits per heavy atom. The van der Waals surface area contributed by atoms with Gasteiger partial charge in [0.2, 0.25) is 5.88 Å². The van der Waals surface area contributed by atoms with Gasteiger partial charge in [0.05, 0.1) is 14.2 Å². The zero-order valence-corrected chi connectivity index (χ0v) is 15.0. The van der Waals surface area contributed by atoms with E-state index in [1.807, 2.05) is 18.2 Å². The number of ether oxygens (including phenoxy) is 3. The maximum atomic E-state index is 12.7. The standard InChI is InChI=1S/C19H22N2O5/c1-24-16(13-8-5-4-6-9-13)17(22)21-15(19(23)26-3)12-14-10-7-11-20-18(14)25-2/h4-11,15-16H,12H2,1-3H3,(H,21,22)/t15-,16-/m0/s1. The van der Waals surface area contributed by atoms with Crippen molar-refractivity contribution in [2.24, 2.45) is 0 Å². The van der Waals surface area contributed by atoms with E-state index >= 15 is 0 Å². The highest BCUT2D eigenvalue weighted by Crippen LogP contribution is 2.19. The zero-order chi connectivity index (χ0) is 18.9. The van der Waals surface area contributed by atoms with Crippen LogP contribution in [0.4, 0.5) is 0 Å². The Morgan fingerprint density at radius 1 is 1.08 bits per heavy atom. The van der Waals surface area contributed by atoms with Crippen LogP contribution in [0.2, 0.25) is 0 Å². The van der Waals surface area contributed by atoms with Gasteiger partial charge in [-0.15, -0.1) is 0 Å². The van der Waals surface area contributed by atoms with Crippen LogP contribution in [0, 0.1) is 0 Å². The molecule has 1 N–H and O–H groups in total. The molecular weight excluding hydrogens is 336 g/mol. The summed E-state index contributed by atoms with van der Waals surface area (Å²) in [5.74, 6) is -0.605. The first-order valence-electron chi connectivity index (χ1n) is 8.04. The van der Waals surface area contributed by atoms with Crippen molar-refractivity contribution in [2.45, 2.75) is 18.6 Å². The van der Waals surface area contributed by atoms with Gasteiger partial charge in [-0.05, 0) is 11.6 Å². The number of benzene rings is 1. The molecule has 26 heavy (non-hydrogen) atoms. The quantitative estimate of drug-likeness (QED) is 0.723. The number of carbonyl (C=O) groups excluding carboxylic acids is 2. The molecule has 0 bridgehead atoms. The average molecular weight is 358 g/mol. The summed E-state index contributed by atoms with van der Waals surface area (Å²) in [6.07, 6.45) is 0.935. The third-order valence-electron chi connectivity index (χ3n) is 3.85. The maximum Gasteiger partial charge on any atom is 0.328 e. The van der Waals surface area contributed by atoms with Gasteiger partial charge in [-0.2, -0.15) is 0 Å². The van der Waals surface area contributed by atoms with Crippen LogP contribution in [0.3, 0.4) is 0 Å². The number of methoxy groups -OCH3 is 3. The normalized spacial score (nSPS) is 12.7. The lowest BCUT2D eigenvalue weighted by molar-refractivity contribution is -0.146. The summed E-state index contributed by atoms with van der Waals surface area (Å²) in [5.41, 5.74) is 1.37. The van der Waals surface area contributed by atoms with Crippen LogP contribution < -0.4 is 10.1 Å². The number of aromatic nitrogens is 1. The van der Waals surface area contributed by atoms with Crippen molar-refractivity contribution in [1.82, 2.24) is 10.3 Å². The molecule has 2 rings (SSSR count). The monoisotopic (exact) mass is 358 g/mol. The molecule has 0 saturated carbocycles. The molecule has 0 aliphatic rings.